The first kappa shape index (κ1) is 15.4. The highest BCUT2D eigenvalue weighted by molar-refractivity contribution is 5.77. The smallest absolute Gasteiger partial charge is 0.234 e. The highest BCUT2D eigenvalue weighted by atomic mass is 16.3. The van der Waals surface area contributed by atoms with Crippen molar-refractivity contribution in [3.8, 4) is 0 Å². The van der Waals surface area contributed by atoms with Crippen molar-refractivity contribution < 1.29 is 9.90 Å². The van der Waals surface area contributed by atoms with E-state index in [1.54, 1.807) is 0 Å². The Balaban J connectivity index is 3.82. The number of carbonyl (C=O) groups is 1. The van der Waals surface area contributed by atoms with E-state index in [0.29, 0.717) is 13.1 Å². The molecule has 0 aromatic carbocycles. The van der Waals surface area contributed by atoms with Crippen LogP contribution in [0.2, 0.25) is 0 Å². The average molecular weight is 230 g/mol. The van der Waals surface area contributed by atoms with Crippen LogP contribution in [0.25, 0.3) is 0 Å². The van der Waals surface area contributed by atoms with E-state index in [9.17, 15) is 4.79 Å². The lowest BCUT2D eigenvalue weighted by Crippen LogP contribution is -2.39. The number of amides is 1. The van der Waals surface area contributed by atoms with Crippen LogP contribution in [0, 0.1) is 0 Å². The Morgan fingerprint density at radius 1 is 1.19 bits per heavy atom. The van der Waals surface area contributed by atoms with Crippen LogP contribution in [-0.2, 0) is 4.79 Å². The Bertz CT molecular complexity index is 166. The molecule has 0 atom stereocenters. The van der Waals surface area contributed by atoms with E-state index in [2.05, 4.69) is 24.1 Å². The van der Waals surface area contributed by atoms with E-state index < -0.39 is 0 Å². The van der Waals surface area contributed by atoms with Crippen molar-refractivity contribution in [3.05, 3.63) is 0 Å². The molecule has 1 amide bonds. The topological polar surface area (TPSA) is 52.6 Å². The van der Waals surface area contributed by atoms with E-state index in [4.69, 9.17) is 5.11 Å². The zero-order valence-electron chi connectivity index (χ0n) is 10.7. The summed E-state index contributed by atoms with van der Waals surface area (Å²) in [7, 11) is 0. The molecule has 0 spiro atoms. The second-order valence-electron chi connectivity index (χ2n) is 4.06. The number of carbonyl (C=O) groups excluding carboxylic acids is 1. The summed E-state index contributed by atoms with van der Waals surface area (Å²) < 4.78 is 0. The third kappa shape index (κ3) is 8.68. The van der Waals surface area contributed by atoms with Gasteiger partial charge in [-0.1, -0.05) is 26.7 Å². The molecule has 16 heavy (non-hydrogen) atoms. The second-order valence-corrected chi connectivity index (χ2v) is 4.06. The van der Waals surface area contributed by atoms with Gasteiger partial charge in [0.15, 0.2) is 0 Å². The highest BCUT2D eigenvalue weighted by Gasteiger charge is 2.08. The molecule has 0 aromatic heterocycles. The number of nitrogens with zero attached hydrogens (tertiary/aromatic N) is 1. The lowest BCUT2D eigenvalue weighted by atomic mass is 10.2. The lowest BCUT2D eigenvalue weighted by molar-refractivity contribution is -0.122. The van der Waals surface area contributed by atoms with Gasteiger partial charge in [-0.05, 0) is 25.9 Å². The predicted molar refractivity (Wildman–Crippen MR) is 66.4 cm³/mol. The molecule has 0 aliphatic rings. The Morgan fingerprint density at radius 2 is 1.75 bits per heavy atom. The molecular weight excluding hydrogens is 204 g/mol. The minimum absolute atomic E-state index is 0.00958. The van der Waals surface area contributed by atoms with Crippen LogP contribution in [0.15, 0.2) is 0 Å². The fraction of sp³-hybridized carbons (Fsp3) is 0.917. The van der Waals surface area contributed by atoms with Crippen LogP contribution >= 0.6 is 0 Å². The Kier molecular flexibility index (Phi) is 10.5. The van der Waals surface area contributed by atoms with Crippen molar-refractivity contribution in [2.75, 3.05) is 32.8 Å². The van der Waals surface area contributed by atoms with Gasteiger partial charge >= 0.3 is 0 Å². The van der Waals surface area contributed by atoms with Crippen LogP contribution < -0.4 is 5.32 Å². The van der Waals surface area contributed by atoms with E-state index in [1.807, 2.05) is 0 Å². The quantitative estimate of drug-likeness (QED) is 0.588. The third-order valence-electron chi connectivity index (χ3n) is 2.46. The Labute approximate surface area is 99.0 Å². The van der Waals surface area contributed by atoms with Gasteiger partial charge in [0.2, 0.25) is 5.91 Å². The number of aliphatic hydroxyl groups is 1. The van der Waals surface area contributed by atoms with Crippen LogP contribution in [-0.4, -0.2) is 48.7 Å². The zero-order chi connectivity index (χ0) is 12.2. The molecule has 0 saturated carbocycles. The molecule has 0 saturated heterocycles. The van der Waals surface area contributed by atoms with Crippen LogP contribution in [0.1, 0.15) is 39.5 Å². The Morgan fingerprint density at radius 3 is 2.19 bits per heavy atom. The normalized spacial score (nSPS) is 10.8. The predicted octanol–water partition coefficient (Wildman–Crippen LogP) is 0.997. The van der Waals surface area contributed by atoms with Gasteiger partial charge in [-0.15, -0.1) is 0 Å². The van der Waals surface area contributed by atoms with Gasteiger partial charge in [0.1, 0.15) is 0 Å². The van der Waals surface area contributed by atoms with E-state index in [0.717, 1.165) is 38.8 Å². The van der Waals surface area contributed by atoms with E-state index in [1.165, 1.54) is 0 Å². The number of hydrogen-bond donors (Lipinski definition) is 2. The molecule has 0 aliphatic heterocycles. The summed E-state index contributed by atoms with van der Waals surface area (Å²) in [5.41, 5.74) is 0. The van der Waals surface area contributed by atoms with Gasteiger partial charge in [0.25, 0.3) is 0 Å². The molecule has 96 valence electrons. The molecule has 0 radical (unpaired) electrons. The van der Waals surface area contributed by atoms with Crippen LogP contribution in [0.5, 0.6) is 0 Å². The summed E-state index contributed by atoms with van der Waals surface area (Å²) in [6.07, 6.45) is 4.58. The number of aliphatic hydroxyl groups excluding tert-OH is 1. The van der Waals surface area contributed by atoms with Gasteiger partial charge < -0.3 is 10.4 Å². The molecule has 4 heteroatoms. The van der Waals surface area contributed by atoms with Crippen molar-refractivity contribution in [1.82, 2.24) is 10.2 Å². The first-order valence-corrected chi connectivity index (χ1v) is 6.34. The first-order valence-electron chi connectivity index (χ1n) is 6.34. The number of unbranched alkanes of at least 4 members (excludes halogenated alkanes) is 2. The van der Waals surface area contributed by atoms with Crippen molar-refractivity contribution in [1.29, 1.82) is 0 Å². The monoisotopic (exact) mass is 230 g/mol. The van der Waals surface area contributed by atoms with Crippen LogP contribution in [0.3, 0.4) is 0 Å². The molecule has 0 bridgehead atoms. The molecule has 0 heterocycles. The maximum atomic E-state index is 11.5. The third-order valence-corrected chi connectivity index (χ3v) is 2.46. The molecule has 4 nitrogen and oxygen atoms in total. The van der Waals surface area contributed by atoms with E-state index >= 15 is 0 Å². The SMILES string of the molecule is CCCCN(CCCC)CC(=O)NCCO. The molecule has 0 aliphatic carbocycles. The van der Waals surface area contributed by atoms with Crippen molar-refractivity contribution in [2.45, 2.75) is 39.5 Å². The summed E-state index contributed by atoms with van der Waals surface area (Å²) in [6.45, 7) is 7.11. The summed E-state index contributed by atoms with van der Waals surface area (Å²) in [5.74, 6) is 0.0151. The standard InChI is InChI=1S/C12H26N2O2/c1-3-5-8-14(9-6-4-2)11-12(16)13-7-10-15/h15H,3-11H2,1-2H3,(H,13,16). The van der Waals surface area contributed by atoms with Crippen molar-refractivity contribution in [3.63, 3.8) is 0 Å². The largest absolute Gasteiger partial charge is 0.395 e. The van der Waals surface area contributed by atoms with Gasteiger partial charge in [0.05, 0.1) is 13.2 Å². The summed E-state index contributed by atoms with van der Waals surface area (Å²) in [4.78, 5) is 13.7. The molecular formula is C12H26N2O2. The molecule has 0 unspecified atom stereocenters. The molecule has 2 N–H and O–H groups in total. The van der Waals surface area contributed by atoms with Crippen LogP contribution in [0.4, 0.5) is 0 Å². The summed E-state index contributed by atoms with van der Waals surface area (Å²) in [5, 5.41) is 11.3. The van der Waals surface area contributed by atoms with Crippen molar-refractivity contribution >= 4 is 5.91 Å². The van der Waals surface area contributed by atoms with Gasteiger partial charge in [-0.2, -0.15) is 0 Å². The molecule has 0 rings (SSSR count). The molecule has 0 fully saturated rings. The number of nitrogens with one attached hydrogen (secondary N) is 1. The zero-order valence-corrected chi connectivity index (χ0v) is 10.7. The number of rotatable bonds is 10. The summed E-state index contributed by atoms with van der Waals surface area (Å²) in [6, 6.07) is 0. The van der Waals surface area contributed by atoms with Gasteiger partial charge in [-0.25, -0.2) is 0 Å². The summed E-state index contributed by atoms with van der Waals surface area (Å²) >= 11 is 0. The average Bonchev–Trinajstić information content (AvgIpc) is 2.30. The van der Waals surface area contributed by atoms with Gasteiger partial charge in [-0.3, -0.25) is 9.69 Å². The first-order chi connectivity index (χ1) is 7.74. The fourth-order valence-electron chi connectivity index (χ4n) is 1.49. The molecule has 0 aromatic rings. The van der Waals surface area contributed by atoms with E-state index in [-0.39, 0.29) is 12.5 Å². The van der Waals surface area contributed by atoms with Gasteiger partial charge in [0, 0.05) is 6.54 Å². The number of hydrogen-bond acceptors (Lipinski definition) is 3. The second kappa shape index (κ2) is 10.9. The fourth-order valence-corrected chi connectivity index (χ4v) is 1.49. The minimum Gasteiger partial charge on any atom is -0.395 e. The highest BCUT2D eigenvalue weighted by Crippen LogP contribution is 1.98. The Hall–Kier alpha value is -0.610. The van der Waals surface area contributed by atoms with Crippen molar-refractivity contribution in [2.24, 2.45) is 0 Å². The maximum absolute atomic E-state index is 11.5. The lowest BCUT2D eigenvalue weighted by Gasteiger charge is -2.21. The minimum atomic E-state index is 0.00958. The maximum Gasteiger partial charge on any atom is 0.234 e.